The third kappa shape index (κ3) is 3.44. The van der Waals surface area contributed by atoms with Crippen molar-refractivity contribution < 1.29 is 9.13 Å². The van der Waals surface area contributed by atoms with Crippen molar-refractivity contribution in [2.75, 3.05) is 0 Å². The van der Waals surface area contributed by atoms with Crippen molar-refractivity contribution in [2.45, 2.75) is 26.2 Å². The molecule has 2 nitrogen and oxygen atoms in total. The lowest BCUT2D eigenvalue weighted by atomic mass is 9.87. The van der Waals surface area contributed by atoms with Gasteiger partial charge in [-0.1, -0.05) is 44.5 Å². The van der Waals surface area contributed by atoms with E-state index in [1.54, 1.807) is 12.1 Å². The number of hydrogen-bond donors (Lipinski definition) is 0. The minimum atomic E-state index is -0.576. The van der Waals surface area contributed by atoms with Gasteiger partial charge in [0.05, 0.1) is 5.02 Å². The van der Waals surface area contributed by atoms with Gasteiger partial charge in [-0.2, -0.15) is 0 Å². The van der Waals surface area contributed by atoms with E-state index >= 15 is 0 Å². The first-order valence-corrected chi connectivity index (χ1v) is 6.33. The fourth-order valence-corrected chi connectivity index (χ4v) is 1.76. The van der Waals surface area contributed by atoms with Gasteiger partial charge >= 0.3 is 0 Å². The van der Waals surface area contributed by atoms with Crippen LogP contribution in [0.4, 0.5) is 4.39 Å². The van der Waals surface area contributed by atoms with Crippen LogP contribution in [0.3, 0.4) is 0 Å². The fraction of sp³-hybridized carbons (Fsp3) is 0.267. The SMILES string of the molecule is CC(C)(C)c1ccc(Oc2ncc(Cl)cc2F)cc1. The lowest BCUT2D eigenvalue weighted by Crippen LogP contribution is -2.10. The van der Waals surface area contributed by atoms with Crippen LogP contribution in [0, 0.1) is 5.82 Å². The van der Waals surface area contributed by atoms with Gasteiger partial charge in [-0.15, -0.1) is 0 Å². The van der Waals surface area contributed by atoms with Crippen LogP contribution >= 0.6 is 11.6 Å². The normalized spacial score (nSPS) is 11.4. The predicted octanol–water partition coefficient (Wildman–Crippen LogP) is 4.96. The summed E-state index contributed by atoms with van der Waals surface area (Å²) in [6, 6.07) is 8.70. The molecule has 4 heteroatoms. The molecule has 0 aliphatic heterocycles. The van der Waals surface area contributed by atoms with Crippen LogP contribution in [-0.2, 0) is 5.41 Å². The van der Waals surface area contributed by atoms with Crippen LogP contribution in [0.2, 0.25) is 5.02 Å². The first-order chi connectivity index (χ1) is 8.86. The van der Waals surface area contributed by atoms with Crippen LogP contribution < -0.4 is 4.74 Å². The number of halogens is 2. The molecular formula is C15H15ClFNO. The predicted molar refractivity (Wildman–Crippen MR) is 74.4 cm³/mol. The van der Waals surface area contributed by atoms with E-state index in [2.05, 4.69) is 25.8 Å². The average Bonchev–Trinajstić information content (AvgIpc) is 2.32. The molecule has 0 unspecified atom stereocenters. The van der Waals surface area contributed by atoms with E-state index in [4.69, 9.17) is 16.3 Å². The first-order valence-electron chi connectivity index (χ1n) is 5.96. The van der Waals surface area contributed by atoms with Gasteiger partial charge in [0.2, 0.25) is 0 Å². The zero-order chi connectivity index (χ0) is 14.0. The molecule has 0 spiro atoms. The molecule has 100 valence electrons. The fourth-order valence-electron chi connectivity index (χ4n) is 1.61. The quantitative estimate of drug-likeness (QED) is 0.775. The lowest BCUT2D eigenvalue weighted by molar-refractivity contribution is 0.422. The summed E-state index contributed by atoms with van der Waals surface area (Å²) in [4.78, 5) is 3.82. The molecule has 0 bridgehead atoms. The van der Waals surface area contributed by atoms with Crippen molar-refractivity contribution in [3.05, 3.63) is 52.9 Å². The minimum Gasteiger partial charge on any atom is -0.436 e. The summed E-state index contributed by atoms with van der Waals surface area (Å²) in [6.45, 7) is 6.38. The smallest absolute Gasteiger partial charge is 0.255 e. The highest BCUT2D eigenvalue weighted by atomic mass is 35.5. The molecule has 1 aromatic heterocycles. The van der Waals surface area contributed by atoms with Gasteiger partial charge in [-0.05, 0) is 29.2 Å². The molecule has 0 amide bonds. The number of aromatic nitrogens is 1. The maximum absolute atomic E-state index is 13.5. The molecule has 0 aliphatic carbocycles. The van der Waals surface area contributed by atoms with Crippen molar-refractivity contribution in [3.8, 4) is 11.6 Å². The molecule has 0 saturated carbocycles. The van der Waals surface area contributed by atoms with Gasteiger partial charge in [0.15, 0.2) is 5.82 Å². The van der Waals surface area contributed by atoms with Crippen LogP contribution in [0.25, 0.3) is 0 Å². The van der Waals surface area contributed by atoms with Crippen LogP contribution in [0.15, 0.2) is 36.5 Å². The molecule has 1 aromatic carbocycles. The minimum absolute atomic E-state index is 0.0717. The van der Waals surface area contributed by atoms with Gasteiger partial charge in [-0.3, -0.25) is 0 Å². The van der Waals surface area contributed by atoms with E-state index in [-0.39, 0.29) is 16.3 Å². The van der Waals surface area contributed by atoms with Crippen molar-refractivity contribution in [3.63, 3.8) is 0 Å². The van der Waals surface area contributed by atoms with E-state index in [9.17, 15) is 4.39 Å². The van der Waals surface area contributed by atoms with Crippen LogP contribution in [-0.4, -0.2) is 4.98 Å². The number of pyridine rings is 1. The second kappa shape index (κ2) is 5.17. The second-order valence-electron chi connectivity index (χ2n) is 5.32. The lowest BCUT2D eigenvalue weighted by Gasteiger charge is -2.19. The number of ether oxygens (including phenoxy) is 1. The summed E-state index contributed by atoms with van der Waals surface area (Å²) in [6.07, 6.45) is 1.35. The Balaban J connectivity index is 2.20. The Bertz CT molecular complexity index is 576. The summed E-state index contributed by atoms with van der Waals surface area (Å²) < 4.78 is 18.9. The molecule has 0 N–H and O–H groups in total. The van der Waals surface area contributed by atoms with Gasteiger partial charge in [0.1, 0.15) is 5.75 Å². The third-order valence-electron chi connectivity index (χ3n) is 2.71. The average molecular weight is 280 g/mol. The van der Waals surface area contributed by atoms with Gasteiger partial charge in [0, 0.05) is 6.20 Å². The number of nitrogens with zero attached hydrogens (tertiary/aromatic N) is 1. The van der Waals surface area contributed by atoms with Crippen molar-refractivity contribution in [1.29, 1.82) is 0 Å². The summed E-state index contributed by atoms with van der Waals surface area (Å²) >= 11 is 5.63. The Morgan fingerprint density at radius 3 is 2.32 bits per heavy atom. The van der Waals surface area contributed by atoms with Crippen LogP contribution in [0.1, 0.15) is 26.3 Å². The van der Waals surface area contributed by atoms with Crippen molar-refractivity contribution in [1.82, 2.24) is 4.98 Å². The molecule has 0 saturated heterocycles. The standard InChI is InChI=1S/C15H15ClFNO/c1-15(2,3)10-4-6-12(7-5-10)19-14-13(17)8-11(16)9-18-14/h4-9H,1-3H3. The molecule has 2 aromatic rings. The van der Waals surface area contributed by atoms with E-state index in [1.165, 1.54) is 17.8 Å². The number of rotatable bonds is 2. The van der Waals surface area contributed by atoms with Crippen molar-refractivity contribution in [2.24, 2.45) is 0 Å². The molecule has 0 atom stereocenters. The van der Waals surface area contributed by atoms with Gasteiger partial charge in [-0.25, -0.2) is 9.37 Å². The maximum Gasteiger partial charge on any atom is 0.255 e. The molecule has 0 aliphatic rings. The van der Waals surface area contributed by atoms with E-state index < -0.39 is 5.82 Å². The Kier molecular flexibility index (Phi) is 3.76. The molecule has 0 radical (unpaired) electrons. The highest BCUT2D eigenvalue weighted by Gasteiger charge is 2.13. The van der Waals surface area contributed by atoms with Gasteiger partial charge < -0.3 is 4.74 Å². The Labute approximate surface area is 117 Å². The Hall–Kier alpha value is -1.61. The number of hydrogen-bond acceptors (Lipinski definition) is 2. The molecular weight excluding hydrogens is 265 g/mol. The maximum atomic E-state index is 13.5. The summed E-state index contributed by atoms with van der Waals surface area (Å²) in [7, 11) is 0. The zero-order valence-corrected chi connectivity index (χ0v) is 11.8. The summed E-state index contributed by atoms with van der Waals surface area (Å²) in [5, 5.41) is 0.243. The highest BCUT2D eigenvalue weighted by molar-refractivity contribution is 6.30. The van der Waals surface area contributed by atoms with E-state index in [1.807, 2.05) is 12.1 Å². The Morgan fingerprint density at radius 2 is 1.79 bits per heavy atom. The Morgan fingerprint density at radius 1 is 1.16 bits per heavy atom. The third-order valence-corrected chi connectivity index (χ3v) is 2.92. The molecule has 2 rings (SSSR count). The van der Waals surface area contributed by atoms with Crippen molar-refractivity contribution >= 4 is 11.6 Å². The van der Waals surface area contributed by atoms with Crippen LogP contribution in [0.5, 0.6) is 11.6 Å². The van der Waals surface area contributed by atoms with E-state index in [0.717, 1.165) is 0 Å². The zero-order valence-electron chi connectivity index (χ0n) is 11.1. The molecule has 0 fully saturated rings. The molecule has 19 heavy (non-hydrogen) atoms. The highest BCUT2D eigenvalue weighted by Crippen LogP contribution is 2.27. The second-order valence-corrected chi connectivity index (χ2v) is 5.75. The topological polar surface area (TPSA) is 22.1 Å². The first kappa shape index (κ1) is 13.8. The molecule has 1 heterocycles. The summed E-state index contributed by atoms with van der Waals surface area (Å²) in [5.41, 5.74) is 1.26. The number of benzene rings is 1. The summed E-state index contributed by atoms with van der Waals surface area (Å²) in [5.74, 6) is -0.109. The monoisotopic (exact) mass is 279 g/mol. The van der Waals surface area contributed by atoms with E-state index in [0.29, 0.717) is 5.75 Å². The largest absolute Gasteiger partial charge is 0.436 e. The van der Waals surface area contributed by atoms with Gasteiger partial charge in [0.25, 0.3) is 5.88 Å².